The average Bonchev–Trinajstić information content (AvgIpc) is 2.23. The Hall–Kier alpha value is -1.16. The lowest BCUT2D eigenvalue weighted by molar-refractivity contribution is 0.313. The van der Waals surface area contributed by atoms with E-state index in [0.717, 1.165) is 22.6 Å². The number of hydrogen-bond donors (Lipinski definition) is 1. The number of aromatic nitrogens is 1. The quantitative estimate of drug-likeness (QED) is 0.834. The second-order valence-corrected chi connectivity index (χ2v) is 3.92. The molecule has 0 aromatic carbocycles. The summed E-state index contributed by atoms with van der Waals surface area (Å²) in [5.74, 6) is 0.796. The number of hydrogen-bond acceptors (Lipinski definition) is 3. The van der Waals surface area contributed by atoms with E-state index in [9.17, 15) is 4.39 Å². The van der Waals surface area contributed by atoms with Gasteiger partial charge in [-0.1, -0.05) is 0 Å². The number of pyridine rings is 1. The predicted molar refractivity (Wildman–Crippen MR) is 62.5 cm³/mol. The molecule has 1 heterocycles. The molecule has 3 nitrogen and oxygen atoms in total. The molecule has 0 bridgehead atoms. The molecule has 1 aromatic heterocycles. The van der Waals surface area contributed by atoms with Crippen LogP contribution in [0.25, 0.3) is 0 Å². The second kappa shape index (κ2) is 5.80. The highest BCUT2D eigenvalue weighted by Crippen LogP contribution is 2.25. The summed E-state index contributed by atoms with van der Waals surface area (Å²) in [5, 5.41) is 0. The highest BCUT2D eigenvalue weighted by Gasteiger charge is 2.13. The monoisotopic (exact) mass is 226 g/mol. The van der Waals surface area contributed by atoms with Gasteiger partial charge in [0.25, 0.3) is 0 Å². The summed E-state index contributed by atoms with van der Waals surface area (Å²) in [5.41, 5.74) is 7.96. The van der Waals surface area contributed by atoms with Gasteiger partial charge in [0.1, 0.15) is 11.9 Å². The van der Waals surface area contributed by atoms with Crippen molar-refractivity contribution in [3.05, 3.63) is 23.0 Å². The third-order valence-electron chi connectivity index (χ3n) is 2.64. The van der Waals surface area contributed by atoms with Crippen LogP contribution in [0, 0.1) is 13.8 Å². The number of rotatable bonds is 5. The van der Waals surface area contributed by atoms with Crippen molar-refractivity contribution in [2.45, 2.75) is 32.9 Å². The topological polar surface area (TPSA) is 48.1 Å². The average molecular weight is 226 g/mol. The highest BCUT2D eigenvalue weighted by molar-refractivity contribution is 5.41. The lowest BCUT2D eigenvalue weighted by atomic mass is 10.1. The van der Waals surface area contributed by atoms with Crippen LogP contribution in [0.1, 0.15) is 23.2 Å². The molecule has 0 aliphatic heterocycles. The maximum Gasteiger partial charge on any atom is 0.128 e. The normalized spacial score (nSPS) is 12.6. The van der Waals surface area contributed by atoms with Crippen molar-refractivity contribution in [3.63, 3.8) is 0 Å². The third kappa shape index (κ3) is 2.92. The van der Waals surface area contributed by atoms with Crippen LogP contribution in [0.4, 0.5) is 4.39 Å². The molecule has 1 atom stereocenters. The van der Waals surface area contributed by atoms with Gasteiger partial charge in [-0.25, -0.2) is 4.39 Å². The SMILES string of the molecule is COc1c(C)cnc(CC(F)CCN)c1C. The highest BCUT2D eigenvalue weighted by atomic mass is 19.1. The minimum atomic E-state index is -0.927. The molecule has 1 rings (SSSR count). The molecule has 4 heteroatoms. The molecule has 0 aliphatic carbocycles. The van der Waals surface area contributed by atoms with Gasteiger partial charge in [-0.05, 0) is 26.8 Å². The molecule has 0 aliphatic rings. The summed E-state index contributed by atoms with van der Waals surface area (Å²) in [6, 6.07) is 0. The van der Waals surface area contributed by atoms with Crippen LogP contribution in [0.15, 0.2) is 6.20 Å². The maximum atomic E-state index is 13.4. The standard InChI is InChI=1S/C12H19FN2O/c1-8-7-15-11(6-10(13)4-5-14)9(2)12(8)16-3/h7,10H,4-6,14H2,1-3H3. The van der Waals surface area contributed by atoms with Gasteiger partial charge in [-0.3, -0.25) is 4.98 Å². The van der Waals surface area contributed by atoms with E-state index in [1.54, 1.807) is 13.3 Å². The molecule has 1 unspecified atom stereocenters. The minimum absolute atomic E-state index is 0.305. The Morgan fingerprint density at radius 2 is 2.19 bits per heavy atom. The molecule has 16 heavy (non-hydrogen) atoms. The number of aryl methyl sites for hydroxylation is 1. The fraction of sp³-hybridized carbons (Fsp3) is 0.583. The van der Waals surface area contributed by atoms with E-state index in [4.69, 9.17) is 10.5 Å². The van der Waals surface area contributed by atoms with E-state index in [0.29, 0.717) is 19.4 Å². The molecular formula is C12H19FN2O. The first-order valence-electron chi connectivity index (χ1n) is 5.43. The molecule has 0 saturated carbocycles. The van der Waals surface area contributed by atoms with Crippen LogP contribution < -0.4 is 10.5 Å². The smallest absolute Gasteiger partial charge is 0.128 e. The predicted octanol–water partition coefficient (Wildman–Crippen LogP) is 1.94. The number of ether oxygens (including phenoxy) is 1. The Bertz CT molecular complexity index is 355. The van der Waals surface area contributed by atoms with Crippen molar-refractivity contribution in [3.8, 4) is 5.75 Å². The number of nitrogens with zero attached hydrogens (tertiary/aromatic N) is 1. The van der Waals surface area contributed by atoms with Crippen LogP contribution >= 0.6 is 0 Å². The molecule has 90 valence electrons. The minimum Gasteiger partial charge on any atom is -0.496 e. The number of alkyl halides is 1. The van der Waals surface area contributed by atoms with Crippen LogP contribution in [0.3, 0.4) is 0 Å². The van der Waals surface area contributed by atoms with Gasteiger partial charge in [-0.2, -0.15) is 0 Å². The zero-order valence-corrected chi connectivity index (χ0v) is 10.1. The van der Waals surface area contributed by atoms with Crippen LogP contribution in [-0.4, -0.2) is 24.8 Å². The number of halogens is 1. The van der Waals surface area contributed by atoms with Gasteiger partial charge in [0.05, 0.1) is 7.11 Å². The Morgan fingerprint density at radius 1 is 1.50 bits per heavy atom. The Morgan fingerprint density at radius 3 is 2.75 bits per heavy atom. The largest absolute Gasteiger partial charge is 0.496 e. The van der Waals surface area contributed by atoms with Crippen LogP contribution in [0.5, 0.6) is 5.75 Å². The summed E-state index contributed by atoms with van der Waals surface area (Å²) < 4.78 is 18.7. The van der Waals surface area contributed by atoms with Crippen LogP contribution in [0.2, 0.25) is 0 Å². The summed E-state index contributed by atoms with van der Waals surface area (Å²) in [6.45, 7) is 4.20. The first-order chi connectivity index (χ1) is 7.60. The summed E-state index contributed by atoms with van der Waals surface area (Å²) in [4.78, 5) is 4.25. The Kier molecular flexibility index (Phi) is 4.68. The van der Waals surface area contributed by atoms with Gasteiger partial charge in [0.2, 0.25) is 0 Å². The van der Waals surface area contributed by atoms with E-state index in [1.807, 2.05) is 13.8 Å². The second-order valence-electron chi connectivity index (χ2n) is 3.92. The van der Waals surface area contributed by atoms with E-state index in [-0.39, 0.29) is 0 Å². The lowest BCUT2D eigenvalue weighted by Gasteiger charge is -2.13. The first kappa shape index (κ1) is 12.9. The van der Waals surface area contributed by atoms with Crippen molar-refractivity contribution in [1.29, 1.82) is 0 Å². The van der Waals surface area contributed by atoms with E-state index in [1.165, 1.54) is 0 Å². The van der Waals surface area contributed by atoms with Crippen molar-refractivity contribution in [2.24, 2.45) is 5.73 Å². The van der Waals surface area contributed by atoms with Crippen molar-refractivity contribution < 1.29 is 9.13 Å². The first-order valence-corrected chi connectivity index (χ1v) is 5.43. The summed E-state index contributed by atoms with van der Waals surface area (Å²) in [6.07, 6.45) is 1.47. The third-order valence-corrected chi connectivity index (χ3v) is 2.64. The van der Waals surface area contributed by atoms with Gasteiger partial charge in [-0.15, -0.1) is 0 Å². The van der Waals surface area contributed by atoms with Crippen molar-refractivity contribution in [2.75, 3.05) is 13.7 Å². The van der Waals surface area contributed by atoms with Gasteiger partial charge < -0.3 is 10.5 Å². The van der Waals surface area contributed by atoms with E-state index < -0.39 is 6.17 Å². The number of methoxy groups -OCH3 is 1. The van der Waals surface area contributed by atoms with Crippen LogP contribution in [-0.2, 0) is 6.42 Å². The molecule has 0 saturated heterocycles. The van der Waals surface area contributed by atoms with Crippen molar-refractivity contribution in [1.82, 2.24) is 4.98 Å². The van der Waals surface area contributed by atoms with E-state index in [2.05, 4.69) is 4.98 Å². The molecule has 0 amide bonds. The lowest BCUT2D eigenvalue weighted by Crippen LogP contribution is -2.13. The molecule has 0 radical (unpaired) electrons. The molecule has 0 spiro atoms. The fourth-order valence-electron chi connectivity index (χ4n) is 1.77. The zero-order chi connectivity index (χ0) is 12.1. The molecular weight excluding hydrogens is 207 g/mol. The Balaban J connectivity index is 2.89. The molecule has 1 aromatic rings. The number of nitrogens with two attached hydrogens (primary N) is 1. The molecule has 0 fully saturated rings. The Labute approximate surface area is 95.8 Å². The molecule has 2 N–H and O–H groups in total. The van der Waals surface area contributed by atoms with Gasteiger partial charge >= 0.3 is 0 Å². The summed E-state index contributed by atoms with van der Waals surface area (Å²) >= 11 is 0. The van der Waals surface area contributed by atoms with E-state index >= 15 is 0 Å². The summed E-state index contributed by atoms with van der Waals surface area (Å²) in [7, 11) is 1.62. The van der Waals surface area contributed by atoms with Gasteiger partial charge in [0, 0.05) is 29.4 Å². The van der Waals surface area contributed by atoms with Gasteiger partial charge in [0.15, 0.2) is 0 Å². The maximum absolute atomic E-state index is 13.4. The zero-order valence-electron chi connectivity index (χ0n) is 10.1. The fourth-order valence-corrected chi connectivity index (χ4v) is 1.77. The van der Waals surface area contributed by atoms with Crippen molar-refractivity contribution >= 4 is 0 Å².